The van der Waals surface area contributed by atoms with Crippen molar-refractivity contribution in [3.63, 3.8) is 0 Å². The molecule has 0 radical (unpaired) electrons. The van der Waals surface area contributed by atoms with E-state index in [1.807, 2.05) is 27.7 Å². The third-order valence-corrected chi connectivity index (χ3v) is 4.89. The number of nitrogens with zero attached hydrogens (tertiary/aromatic N) is 2. The van der Waals surface area contributed by atoms with Gasteiger partial charge < -0.3 is 20.1 Å². The van der Waals surface area contributed by atoms with E-state index < -0.39 is 11.2 Å². The van der Waals surface area contributed by atoms with Crippen LogP contribution in [0, 0.1) is 0 Å². The van der Waals surface area contributed by atoms with Crippen molar-refractivity contribution in [1.29, 1.82) is 0 Å². The lowest BCUT2D eigenvalue weighted by molar-refractivity contribution is -0.147. The van der Waals surface area contributed by atoms with E-state index >= 15 is 0 Å². The Kier molecular flexibility index (Phi) is 6.32. The van der Waals surface area contributed by atoms with Gasteiger partial charge in [0.2, 0.25) is 0 Å². The second kappa shape index (κ2) is 7.91. The molecule has 25 heavy (non-hydrogen) atoms. The average molecular weight is 355 g/mol. The van der Waals surface area contributed by atoms with Gasteiger partial charge in [-0.15, -0.1) is 0 Å². The van der Waals surface area contributed by atoms with Crippen molar-refractivity contribution in [2.45, 2.75) is 70.6 Å². The van der Waals surface area contributed by atoms with Crippen molar-refractivity contribution in [2.24, 2.45) is 0 Å². The fraction of sp³-hybridized carbons (Fsp3) is 0.889. The van der Waals surface area contributed by atoms with Crippen molar-refractivity contribution in [1.82, 2.24) is 15.1 Å². The molecule has 7 nitrogen and oxygen atoms in total. The molecule has 0 aromatic heterocycles. The fourth-order valence-electron chi connectivity index (χ4n) is 3.63. The third-order valence-electron chi connectivity index (χ3n) is 4.89. The van der Waals surface area contributed by atoms with Gasteiger partial charge in [0, 0.05) is 32.2 Å². The lowest BCUT2D eigenvalue weighted by atomic mass is 9.89. The predicted molar refractivity (Wildman–Crippen MR) is 95.3 cm³/mol. The van der Waals surface area contributed by atoms with Crippen molar-refractivity contribution < 1.29 is 19.4 Å². The lowest BCUT2D eigenvalue weighted by Crippen LogP contribution is -2.60. The maximum atomic E-state index is 12.2. The standard InChI is InChI=1S/C18H33N3O4/c1-5-19-15(22)18(24)9-6-10-21(13-18)14-7-11-20(12-8-14)16(23)25-17(2,3)4/h14,24H,5-13H2,1-4H3,(H,19,22). The summed E-state index contributed by atoms with van der Waals surface area (Å²) >= 11 is 0. The number of likely N-dealkylation sites (tertiary alicyclic amines) is 2. The minimum absolute atomic E-state index is 0.261. The van der Waals surface area contributed by atoms with Crippen molar-refractivity contribution in [3.05, 3.63) is 0 Å². The number of piperidine rings is 2. The average Bonchev–Trinajstić information content (AvgIpc) is 2.54. The highest BCUT2D eigenvalue weighted by Gasteiger charge is 2.42. The molecular formula is C18H33N3O4. The number of hydrogen-bond donors (Lipinski definition) is 2. The summed E-state index contributed by atoms with van der Waals surface area (Å²) in [5.41, 5.74) is -1.78. The summed E-state index contributed by atoms with van der Waals surface area (Å²) in [5.74, 6) is -0.272. The van der Waals surface area contributed by atoms with E-state index in [2.05, 4.69) is 10.2 Å². The summed E-state index contributed by atoms with van der Waals surface area (Å²) < 4.78 is 5.43. The summed E-state index contributed by atoms with van der Waals surface area (Å²) in [4.78, 5) is 28.3. The van der Waals surface area contributed by atoms with Crippen LogP contribution in [0.1, 0.15) is 53.4 Å². The summed E-state index contributed by atoms with van der Waals surface area (Å²) in [5, 5.41) is 13.4. The zero-order valence-corrected chi connectivity index (χ0v) is 16.0. The Balaban J connectivity index is 1.88. The van der Waals surface area contributed by atoms with Crippen LogP contribution in [-0.4, -0.2) is 76.9 Å². The molecule has 0 aromatic carbocycles. The van der Waals surface area contributed by atoms with E-state index in [0.717, 1.165) is 25.8 Å². The van der Waals surface area contributed by atoms with Crippen LogP contribution in [0.3, 0.4) is 0 Å². The van der Waals surface area contributed by atoms with Crippen LogP contribution in [0.5, 0.6) is 0 Å². The molecule has 0 spiro atoms. The maximum absolute atomic E-state index is 12.2. The SMILES string of the molecule is CCNC(=O)C1(O)CCCN(C2CCN(C(=O)OC(C)(C)C)CC2)C1. The highest BCUT2D eigenvalue weighted by molar-refractivity contribution is 5.85. The van der Waals surface area contributed by atoms with Gasteiger partial charge in [0.1, 0.15) is 5.60 Å². The van der Waals surface area contributed by atoms with Gasteiger partial charge in [-0.25, -0.2) is 4.79 Å². The van der Waals surface area contributed by atoms with E-state index in [4.69, 9.17) is 4.74 Å². The minimum Gasteiger partial charge on any atom is -0.444 e. The smallest absolute Gasteiger partial charge is 0.410 e. The first kappa shape index (κ1) is 20.0. The monoisotopic (exact) mass is 355 g/mol. The zero-order chi connectivity index (χ0) is 18.7. The molecule has 7 heteroatoms. The van der Waals surface area contributed by atoms with E-state index in [9.17, 15) is 14.7 Å². The first-order chi connectivity index (χ1) is 11.6. The van der Waals surface area contributed by atoms with Gasteiger partial charge in [-0.1, -0.05) is 0 Å². The summed E-state index contributed by atoms with van der Waals surface area (Å²) in [6.45, 7) is 10.5. The molecule has 2 aliphatic heterocycles. The number of nitrogens with one attached hydrogen (secondary N) is 1. The Labute approximate surface area is 150 Å². The number of β-amino-alcohol motifs (C(OH)–C–C–N with tert-alkyl or cyclic N) is 1. The van der Waals surface area contributed by atoms with Gasteiger partial charge in [0.25, 0.3) is 5.91 Å². The van der Waals surface area contributed by atoms with Crippen LogP contribution in [0.25, 0.3) is 0 Å². The largest absolute Gasteiger partial charge is 0.444 e. The lowest BCUT2D eigenvalue weighted by Gasteiger charge is -2.44. The quantitative estimate of drug-likeness (QED) is 0.799. The number of ether oxygens (including phenoxy) is 1. The summed E-state index contributed by atoms with van der Waals surface area (Å²) in [7, 11) is 0. The second-order valence-electron chi connectivity index (χ2n) is 8.16. The molecule has 1 unspecified atom stereocenters. The molecular weight excluding hydrogens is 322 g/mol. The number of amides is 2. The van der Waals surface area contributed by atoms with E-state index in [-0.39, 0.29) is 12.0 Å². The van der Waals surface area contributed by atoms with E-state index in [1.165, 1.54) is 0 Å². The van der Waals surface area contributed by atoms with Gasteiger partial charge in [-0.2, -0.15) is 0 Å². The first-order valence-corrected chi connectivity index (χ1v) is 9.37. The first-order valence-electron chi connectivity index (χ1n) is 9.37. The van der Waals surface area contributed by atoms with Crippen LogP contribution in [0.15, 0.2) is 0 Å². The molecule has 2 heterocycles. The Hall–Kier alpha value is -1.34. The molecule has 2 rings (SSSR count). The number of aliphatic hydroxyl groups is 1. The Morgan fingerprint density at radius 3 is 2.44 bits per heavy atom. The highest BCUT2D eigenvalue weighted by Crippen LogP contribution is 2.27. The van der Waals surface area contributed by atoms with Gasteiger partial charge >= 0.3 is 6.09 Å². The number of hydrogen-bond acceptors (Lipinski definition) is 5. The molecule has 0 bridgehead atoms. The van der Waals surface area contributed by atoms with Crippen molar-refractivity contribution in [2.75, 3.05) is 32.7 Å². The zero-order valence-electron chi connectivity index (χ0n) is 16.0. The number of carbonyl (C=O) groups excluding carboxylic acids is 2. The topological polar surface area (TPSA) is 82.1 Å². The molecule has 2 saturated heterocycles. The number of likely N-dealkylation sites (N-methyl/N-ethyl adjacent to an activating group) is 1. The molecule has 0 saturated carbocycles. The van der Waals surface area contributed by atoms with Crippen molar-refractivity contribution >= 4 is 12.0 Å². The van der Waals surface area contributed by atoms with Gasteiger partial charge in [-0.3, -0.25) is 9.69 Å². The number of carbonyl (C=O) groups is 2. The van der Waals surface area contributed by atoms with Crippen molar-refractivity contribution in [3.8, 4) is 0 Å². The molecule has 2 aliphatic rings. The Morgan fingerprint density at radius 2 is 1.88 bits per heavy atom. The molecule has 2 amide bonds. The van der Waals surface area contributed by atoms with E-state index in [1.54, 1.807) is 4.90 Å². The predicted octanol–water partition coefficient (Wildman–Crippen LogP) is 1.35. The van der Waals surface area contributed by atoms with Gasteiger partial charge in [0.05, 0.1) is 0 Å². The fourth-order valence-corrected chi connectivity index (χ4v) is 3.63. The van der Waals surface area contributed by atoms with E-state index in [0.29, 0.717) is 38.6 Å². The Bertz CT molecular complexity index is 483. The number of rotatable bonds is 3. The summed E-state index contributed by atoms with van der Waals surface area (Å²) in [6, 6.07) is 0.292. The third kappa shape index (κ3) is 5.31. The molecule has 0 aromatic rings. The van der Waals surface area contributed by atoms with Crippen LogP contribution >= 0.6 is 0 Å². The molecule has 2 fully saturated rings. The highest BCUT2D eigenvalue weighted by atomic mass is 16.6. The van der Waals surface area contributed by atoms with Gasteiger partial charge in [-0.05, 0) is 59.9 Å². The normalized spacial score (nSPS) is 26.4. The maximum Gasteiger partial charge on any atom is 0.410 e. The van der Waals surface area contributed by atoms with Crippen LogP contribution in [-0.2, 0) is 9.53 Å². The summed E-state index contributed by atoms with van der Waals surface area (Å²) in [6.07, 6.45) is 2.73. The minimum atomic E-state index is -1.30. The second-order valence-corrected chi connectivity index (χ2v) is 8.16. The van der Waals surface area contributed by atoms with Crippen LogP contribution < -0.4 is 5.32 Å². The molecule has 1 atom stereocenters. The Morgan fingerprint density at radius 1 is 1.24 bits per heavy atom. The van der Waals surface area contributed by atoms with Crippen LogP contribution in [0.4, 0.5) is 4.79 Å². The van der Waals surface area contributed by atoms with Crippen LogP contribution in [0.2, 0.25) is 0 Å². The molecule has 144 valence electrons. The molecule has 2 N–H and O–H groups in total. The molecule has 0 aliphatic carbocycles. The van der Waals surface area contributed by atoms with Gasteiger partial charge in [0.15, 0.2) is 5.60 Å².